The van der Waals surface area contributed by atoms with Crippen molar-refractivity contribution in [1.29, 1.82) is 0 Å². The van der Waals surface area contributed by atoms with Crippen molar-refractivity contribution >= 4 is 21.2 Å². The summed E-state index contributed by atoms with van der Waals surface area (Å²) in [6.45, 7) is 4.45. The SMILES string of the molecule is CS(=O)(=O)c1ccc(N2CCNCC2)cc1NCCc1ccccc1. The van der Waals surface area contributed by atoms with E-state index < -0.39 is 9.84 Å². The van der Waals surface area contributed by atoms with Gasteiger partial charge in [-0.25, -0.2) is 8.42 Å². The largest absolute Gasteiger partial charge is 0.384 e. The van der Waals surface area contributed by atoms with E-state index in [1.54, 1.807) is 6.07 Å². The first-order chi connectivity index (χ1) is 12.0. The highest BCUT2D eigenvalue weighted by Gasteiger charge is 2.17. The maximum atomic E-state index is 12.1. The molecule has 0 aliphatic carbocycles. The van der Waals surface area contributed by atoms with Crippen LogP contribution in [0.3, 0.4) is 0 Å². The molecule has 0 aromatic heterocycles. The number of benzene rings is 2. The average Bonchev–Trinajstić information content (AvgIpc) is 2.62. The Hall–Kier alpha value is -2.05. The summed E-state index contributed by atoms with van der Waals surface area (Å²) in [5.41, 5.74) is 2.99. The van der Waals surface area contributed by atoms with Crippen LogP contribution in [-0.4, -0.2) is 47.4 Å². The second kappa shape index (κ2) is 7.89. The fourth-order valence-corrected chi connectivity index (χ4v) is 3.93. The summed E-state index contributed by atoms with van der Waals surface area (Å²) in [7, 11) is -3.27. The van der Waals surface area contributed by atoms with Crippen LogP contribution < -0.4 is 15.5 Å². The van der Waals surface area contributed by atoms with Crippen molar-refractivity contribution in [2.45, 2.75) is 11.3 Å². The third kappa shape index (κ3) is 4.74. The molecule has 3 rings (SSSR count). The van der Waals surface area contributed by atoms with Gasteiger partial charge < -0.3 is 15.5 Å². The van der Waals surface area contributed by atoms with E-state index in [-0.39, 0.29) is 0 Å². The third-order valence-corrected chi connectivity index (χ3v) is 5.57. The van der Waals surface area contributed by atoms with Crippen molar-refractivity contribution < 1.29 is 8.42 Å². The minimum atomic E-state index is -3.27. The van der Waals surface area contributed by atoms with Crippen LogP contribution in [0.4, 0.5) is 11.4 Å². The molecule has 2 aromatic rings. The van der Waals surface area contributed by atoms with Gasteiger partial charge in [0.25, 0.3) is 0 Å². The highest BCUT2D eigenvalue weighted by atomic mass is 32.2. The highest BCUT2D eigenvalue weighted by molar-refractivity contribution is 7.90. The molecule has 0 radical (unpaired) electrons. The average molecular weight is 359 g/mol. The number of hydrogen-bond acceptors (Lipinski definition) is 5. The molecule has 25 heavy (non-hydrogen) atoms. The lowest BCUT2D eigenvalue weighted by molar-refractivity contribution is 0.589. The molecule has 1 aliphatic rings. The molecular weight excluding hydrogens is 334 g/mol. The number of hydrogen-bond donors (Lipinski definition) is 2. The molecule has 0 bridgehead atoms. The lowest BCUT2D eigenvalue weighted by Crippen LogP contribution is -2.43. The van der Waals surface area contributed by atoms with Crippen LogP contribution >= 0.6 is 0 Å². The lowest BCUT2D eigenvalue weighted by atomic mass is 10.1. The van der Waals surface area contributed by atoms with E-state index in [0.29, 0.717) is 17.1 Å². The minimum Gasteiger partial charge on any atom is -0.384 e. The molecule has 134 valence electrons. The van der Waals surface area contributed by atoms with Gasteiger partial charge in [-0.05, 0) is 30.2 Å². The van der Waals surface area contributed by atoms with Crippen LogP contribution in [0.5, 0.6) is 0 Å². The zero-order chi connectivity index (χ0) is 17.7. The summed E-state index contributed by atoms with van der Waals surface area (Å²) in [5.74, 6) is 0. The Morgan fingerprint density at radius 3 is 2.48 bits per heavy atom. The topological polar surface area (TPSA) is 61.4 Å². The van der Waals surface area contributed by atoms with Gasteiger partial charge in [-0.1, -0.05) is 30.3 Å². The molecule has 1 aliphatic heterocycles. The normalized spacial score (nSPS) is 15.2. The van der Waals surface area contributed by atoms with Crippen molar-refractivity contribution in [3.05, 3.63) is 54.1 Å². The van der Waals surface area contributed by atoms with Gasteiger partial charge in [0.1, 0.15) is 0 Å². The number of sulfone groups is 1. The highest BCUT2D eigenvalue weighted by Crippen LogP contribution is 2.27. The Bertz CT molecular complexity index is 801. The van der Waals surface area contributed by atoms with Crippen molar-refractivity contribution in [1.82, 2.24) is 5.32 Å². The van der Waals surface area contributed by atoms with Gasteiger partial charge in [0.2, 0.25) is 0 Å². The number of nitrogens with one attached hydrogen (secondary N) is 2. The Morgan fingerprint density at radius 2 is 1.80 bits per heavy atom. The number of rotatable bonds is 6. The quantitative estimate of drug-likeness (QED) is 0.828. The van der Waals surface area contributed by atoms with E-state index in [0.717, 1.165) is 38.3 Å². The van der Waals surface area contributed by atoms with Gasteiger partial charge >= 0.3 is 0 Å². The van der Waals surface area contributed by atoms with E-state index in [4.69, 9.17) is 0 Å². The first kappa shape index (κ1) is 17.8. The summed E-state index contributed by atoms with van der Waals surface area (Å²) in [6.07, 6.45) is 2.11. The summed E-state index contributed by atoms with van der Waals surface area (Å²) in [6, 6.07) is 15.8. The molecule has 0 amide bonds. The van der Waals surface area contributed by atoms with Crippen LogP contribution in [0.2, 0.25) is 0 Å². The van der Waals surface area contributed by atoms with Crippen molar-refractivity contribution in [2.24, 2.45) is 0 Å². The summed E-state index contributed by atoms with van der Waals surface area (Å²) in [4.78, 5) is 2.64. The summed E-state index contributed by atoms with van der Waals surface area (Å²) in [5, 5.41) is 6.66. The molecule has 1 heterocycles. The fourth-order valence-electron chi connectivity index (χ4n) is 3.09. The zero-order valence-corrected chi connectivity index (χ0v) is 15.3. The van der Waals surface area contributed by atoms with Crippen LogP contribution in [0.1, 0.15) is 5.56 Å². The Morgan fingerprint density at radius 1 is 1.08 bits per heavy atom. The molecule has 1 fully saturated rings. The number of anilines is 2. The fraction of sp³-hybridized carbons (Fsp3) is 0.368. The maximum Gasteiger partial charge on any atom is 0.177 e. The van der Waals surface area contributed by atoms with Gasteiger partial charge in [0.05, 0.1) is 10.6 Å². The second-order valence-corrected chi connectivity index (χ2v) is 8.34. The van der Waals surface area contributed by atoms with Gasteiger partial charge in [-0.15, -0.1) is 0 Å². The van der Waals surface area contributed by atoms with Gasteiger partial charge in [0, 0.05) is 44.7 Å². The summed E-state index contributed by atoms with van der Waals surface area (Å²) >= 11 is 0. The van der Waals surface area contributed by atoms with Crippen LogP contribution in [0.25, 0.3) is 0 Å². The molecule has 2 aromatic carbocycles. The van der Waals surface area contributed by atoms with E-state index >= 15 is 0 Å². The van der Waals surface area contributed by atoms with E-state index in [1.165, 1.54) is 11.8 Å². The molecule has 0 atom stereocenters. The Balaban J connectivity index is 1.78. The van der Waals surface area contributed by atoms with Crippen LogP contribution in [0, 0.1) is 0 Å². The first-order valence-electron chi connectivity index (χ1n) is 8.61. The molecule has 0 spiro atoms. The predicted molar refractivity (Wildman–Crippen MR) is 103 cm³/mol. The monoisotopic (exact) mass is 359 g/mol. The number of piperazine rings is 1. The second-order valence-electron chi connectivity index (χ2n) is 6.35. The van der Waals surface area contributed by atoms with E-state index in [9.17, 15) is 8.42 Å². The maximum absolute atomic E-state index is 12.1. The standard InChI is InChI=1S/C19H25N3O2S/c1-25(23,24)19-8-7-17(22-13-11-20-12-14-22)15-18(19)21-10-9-16-5-3-2-4-6-16/h2-8,15,20-21H,9-14H2,1H3. The first-order valence-corrected chi connectivity index (χ1v) is 10.5. The number of nitrogens with zero attached hydrogens (tertiary/aromatic N) is 1. The van der Waals surface area contributed by atoms with Crippen molar-refractivity contribution in [3.8, 4) is 0 Å². The predicted octanol–water partition coefficient (Wildman–Crippen LogP) is 2.15. The van der Waals surface area contributed by atoms with Crippen LogP contribution in [-0.2, 0) is 16.3 Å². The van der Waals surface area contributed by atoms with Gasteiger partial charge in [-0.3, -0.25) is 0 Å². The molecule has 1 saturated heterocycles. The van der Waals surface area contributed by atoms with Gasteiger partial charge in [0.15, 0.2) is 9.84 Å². The molecule has 6 heteroatoms. The molecule has 0 unspecified atom stereocenters. The van der Waals surface area contributed by atoms with Crippen LogP contribution in [0.15, 0.2) is 53.4 Å². The van der Waals surface area contributed by atoms with E-state index in [2.05, 4.69) is 27.7 Å². The summed E-state index contributed by atoms with van der Waals surface area (Å²) < 4.78 is 24.2. The molecule has 0 saturated carbocycles. The molecule has 5 nitrogen and oxygen atoms in total. The lowest BCUT2D eigenvalue weighted by Gasteiger charge is -2.30. The van der Waals surface area contributed by atoms with Crippen molar-refractivity contribution in [3.63, 3.8) is 0 Å². The third-order valence-electron chi connectivity index (χ3n) is 4.42. The smallest absolute Gasteiger partial charge is 0.177 e. The molecule has 2 N–H and O–H groups in total. The molecular formula is C19H25N3O2S. The van der Waals surface area contributed by atoms with Crippen molar-refractivity contribution in [2.75, 3.05) is 49.2 Å². The Kier molecular flexibility index (Phi) is 5.60. The minimum absolute atomic E-state index is 0.361. The zero-order valence-electron chi connectivity index (χ0n) is 14.5. The Labute approximate surface area is 150 Å². The van der Waals surface area contributed by atoms with Gasteiger partial charge in [-0.2, -0.15) is 0 Å². The van der Waals surface area contributed by atoms with E-state index in [1.807, 2.05) is 30.3 Å².